The van der Waals surface area contributed by atoms with Gasteiger partial charge in [0.2, 0.25) is 11.8 Å². The Morgan fingerprint density at radius 3 is 2.80 bits per heavy atom. The van der Waals surface area contributed by atoms with Crippen molar-refractivity contribution in [3.63, 3.8) is 0 Å². The van der Waals surface area contributed by atoms with Gasteiger partial charge in [-0.05, 0) is 6.92 Å². The summed E-state index contributed by atoms with van der Waals surface area (Å²) in [4.78, 5) is 26.5. The maximum Gasteiger partial charge on any atom is 0.233 e. The fourth-order valence-corrected chi connectivity index (χ4v) is 1.47. The lowest BCUT2D eigenvalue weighted by molar-refractivity contribution is -0.123. The number of nitriles is 1. The monoisotopic (exact) mass is 296 g/mol. The molecule has 2 amide bonds. The molecule has 0 radical (unpaired) electrons. The van der Waals surface area contributed by atoms with E-state index in [4.69, 9.17) is 21.6 Å². The van der Waals surface area contributed by atoms with Crippen LogP contribution in [0.5, 0.6) is 5.75 Å². The van der Waals surface area contributed by atoms with Crippen molar-refractivity contribution < 1.29 is 14.3 Å². The van der Waals surface area contributed by atoms with Crippen LogP contribution in [-0.4, -0.2) is 23.4 Å². The Balaban J connectivity index is 2.56. The van der Waals surface area contributed by atoms with Crippen molar-refractivity contribution in [3.05, 3.63) is 17.3 Å². The van der Waals surface area contributed by atoms with E-state index in [-0.39, 0.29) is 18.7 Å². The number of anilines is 1. The number of pyridine rings is 1. The first-order valence-electron chi connectivity index (χ1n) is 5.83. The topological polar surface area (TPSA) is 104 Å². The molecule has 0 unspecified atom stereocenters. The molecule has 20 heavy (non-hydrogen) atoms. The molecule has 0 saturated carbocycles. The van der Waals surface area contributed by atoms with Crippen LogP contribution in [0.2, 0.25) is 5.02 Å². The van der Waals surface area contributed by atoms with Crippen LogP contribution in [-0.2, 0) is 9.59 Å². The summed E-state index contributed by atoms with van der Waals surface area (Å²) < 4.78 is 5.27. The highest BCUT2D eigenvalue weighted by Gasteiger charge is 2.09. The summed E-state index contributed by atoms with van der Waals surface area (Å²) in [6.45, 7) is 2.24. The van der Waals surface area contributed by atoms with E-state index in [2.05, 4.69) is 10.3 Å². The van der Waals surface area contributed by atoms with Gasteiger partial charge < -0.3 is 10.1 Å². The zero-order valence-corrected chi connectivity index (χ0v) is 11.5. The van der Waals surface area contributed by atoms with Crippen molar-refractivity contribution >= 4 is 29.2 Å². The van der Waals surface area contributed by atoms with Crippen molar-refractivity contribution in [2.75, 3.05) is 11.9 Å². The first-order valence-corrected chi connectivity index (χ1v) is 6.20. The quantitative estimate of drug-likeness (QED) is 0.611. The summed E-state index contributed by atoms with van der Waals surface area (Å²) in [7, 11) is 0. The van der Waals surface area contributed by atoms with Crippen molar-refractivity contribution in [2.24, 2.45) is 0 Å². The molecule has 2 N–H and O–H groups in total. The average Bonchev–Trinajstić information content (AvgIpc) is 2.41. The SMILES string of the molecule is CCOc1cc(NC(=O)CCC(=O)NC#N)ncc1Cl. The Labute approximate surface area is 120 Å². The second kappa shape index (κ2) is 7.96. The molecule has 106 valence electrons. The third-order valence-electron chi connectivity index (χ3n) is 2.16. The highest BCUT2D eigenvalue weighted by atomic mass is 35.5. The molecular weight excluding hydrogens is 284 g/mol. The normalized spacial score (nSPS) is 9.45. The summed E-state index contributed by atoms with van der Waals surface area (Å²) in [5, 5.41) is 13.0. The molecule has 0 atom stereocenters. The smallest absolute Gasteiger partial charge is 0.233 e. The number of amides is 2. The van der Waals surface area contributed by atoms with Crippen LogP contribution >= 0.6 is 11.6 Å². The van der Waals surface area contributed by atoms with Crippen LogP contribution in [0, 0.1) is 11.5 Å². The van der Waals surface area contributed by atoms with Crippen molar-refractivity contribution in [3.8, 4) is 11.9 Å². The maximum absolute atomic E-state index is 11.6. The predicted octanol–water partition coefficient (Wildman–Crippen LogP) is 1.45. The maximum atomic E-state index is 11.6. The number of aromatic nitrogens is 1. The summed E-state index contributed by atoms with van der Waals surface area (Å²) in [6.07, 6.45) is 2.73. The standard InChI is InChI=1S/C12H13ClN4O3/c1-2-20-9-5-10(15-6-8(9)13)17-12(19)4-3-11(18)16-7-14/h5-6H,2-4H2,1H3,(H,16,18)(H,15,17,19). The molecule has 0 aromatic carbocycles. The second-order valence-electron chi connectivity index (χ2n) is 3.64. The van der Waals surface area contributed by atoms with Crippen LogP contribution in [0.4, 0.5) is 5.82 Å². The number of ether oxygens (including phenoxy) is 1. The van der Waals surface area contributed by atoms with Crippen LogP contribution in [0.25, 0.3) is 0 Å². The van der Waals surface area contributed by atoms with Crippen LogP contribution < -0.4 is 15.4 Å². The van der Waals surface area contributed by atoms with Gasteiger partial charge in [-0.1, -0.05) is 11.6 Å². The van der Waals surface area contributed by atoms with E-state index in [9.17, 15) is 9.59 Å². The van der Waals surface area contributed by atoms with Crippen LogP contribution in [0.1, 0.15) is 19.8 Å². The molecule has 8 heteroatoms. The Hall–Kier alpha value is -2.33. The fraction of sp³-hybridized carbons (Fsp3) is 0.333. The average molecular weight is 297 g/mol. The van der Waals surface area contributed by atoms with Gasteiger partial charge in [-0.2, -0.15) is 5.26 Å². The van der Waals surface area contributed by atoms with Crippen LogP contribution in [0.15, 0.2) is 12.3 Å². The predicted molar refractivity (Wildman–Crippen MR) is 72.0 cm³/mol. The van der Waals surface area contributed by atoms with Crippen molar-refractivity contribution in [1.82, 2.24) is 10.3 Å². The van der Waals surface area contributed by atoms with Gasteiger partial charge in [0.15, 0.2) is 6.19 Å². The van der Waals surface area contributed by atoms with Crippen molar-refractivity contribution in [2.45, 2.75) is 19.8 Å². The van der Waals surface area contributed by atoms with E-state index in [0.29, 0.717) is 17.4 Å². The summed E-state index contributed by atoms with van der Waals surface area (Å²) >= 11 is 5.87. The Morgan fingerprint density at radius 2 is 2.15 bits per heavy atom. The molecule has 1 heterocycles. The minimum absolute atomic E-state index is 0.0538. The highest BCUT2D eigenvalue weighted by Crippen LogP contribution is 2.25. The molecule has 0 aliphatic heterocycles. The van der Waals surface area contributed by atoms with E-state index in [1.165, 1.54) is 18.5 Å². The lowest BCUT2D eigenvalue weighted by atomic mass is 10.3. The van der Waals surface area contributed by atoms with Crippen LogP contribution in [0.3, 0.4) is 0 Å². The third-order valence-corrected chi connectivity index (χ3v) is 2.45. The minimum atomic E-state index is -0.512. The zero-order valence-electron chi connectivity index (χ0n) is 10.8. The number of hydrogen-bond donors (Lipinski definition) is 2. The summed E-state index contributed by atoms with van der Waals surface area (Å²) in [5.41, 5.74) is 0. The molecule has 1 rings (SSSR count). The van der Waals surface area contributed by atoms with E-state index < -0.39 is 11.8 Å². The van der Waals surface area contributed by atoms with Gasteiger partial charge >= 0.3 is 0 Å². The molecular formula is C12H13ClN4O3. The van der Waals surface area contributed by atoms with Gasteiger partial charge in [0.1, 0.15) is 16.6 Å². The molecule has 0 aliphatic carbocycles. The molecule has 0 saturated heterocycles. The van der Waals surface area contributed by atoms with Gasteiger partial charge in [-0.25, -0.2) is 4.98 Å². The summed E-state index contributed by atoms with van der Waals surface area (Å²) in [6, 6.07) is 1.50. The second-order valence-corrected chi connectivity index (χ2v) is 4.05. The number of hydrogen-bond acceptors (Lipinski definition) is 5. The van der Waals surface area contributed by atoms with Crippen molar-refractivity contribution in [1.29, 1.82) is 5.26 Å². The Kier molecular flexibility index (Phi) is 6.26. The van der Waals surface area contributed by atoms with Gasteiger partial charge in [0.25, 0.3) is 0 Å². The van der Waals surface area contributed by atoms with Gasteiger partial charge in [0, 0.05) is 18.9 Å². The van der Waals surface area contributed by atoms with E-state index in [1.54, 1.807) is 0 Å². The van der Waals surface area contributed by atoms with E-state index >= 15 is 0 Å². The Bertz CT molecular complexity index is 542. The number of carbonyl (C=O) groups is 2. The summed E-state index contributed by atoms with van der Waals surface area (Å²) in [5.74, 6) is -0.206. The molecule has 1 aromatic rings. The lowest BCUT2D eigenvalue weighted by Crippen LogP contribution is -2.20. The molecule has 1 aromatic heterocycles. The van der Waals surface area contributed by atoms with Gasteiger partial charge in [-0.3, -0.25) is 14.9 Å². The zero-order chi connectivity index (χ0) is 15.0. The van der Waals surface area contributed by atoms with E-state index in [1.807, 2.05) is 12.2 Å². The molecule has 0 spiro atoms. The first-order chi connectivity index (χ1) is 9.56. The number of nitrogens with one attached hydrogen (secondary N) is 2. The van der Waals surface area contributed by atoms with Gasteiger partial charge in [0.05, 0.1) is 12.8 Å². The minimum Gasteiger partial charge on any atom is -0.492 e. The molecule has 7 nitrogen and oxygen atoms in total. The van der Waals surface area contributed by atoms with Gasteiger partial charge in [-0.15, -0.1) is 0 Å². The highest BCUT2D eigenvalue weighted by molar-refractivity contribution is 6.32. The molecule has 0 aliphatic rings. The fourth-order valence-electron chi connectivity index (χ4n) is 1.31. The first kappa shape index (κ1) is 15.7. The number of halogens is 1. The molecule has 0 bridgehead atoms. The largest absolute Gasteiger partial charge is 0.492 e. The Morgan fingerprint density at radius 1 is 1.45 bits per heavy atom. The number of rotatable bonds is 6. The lowest BCUT2D eigenvalue weighted by Gasteiger charge is -2.08. The molecule has 0 fully saturated rings. The van der Waals surface area contributed by atoms with E-state index in [0.717, 1.165) is 0 Å². The third kappa shape index (κ3) is 5.12. The number of carbonyl (C=O) groups excluding carboxylic acids is 2. The number of nitrogens with zero attached hydrogens (tertiary/aromatic N) is 2.